The summed E-state index contributed by atoms with van der Waals surface area (Å²) < 4.78 is 41.3. The number of aliphatic hydroxyl groups excluding tert-OH is 1. The molecule has 2 rings (SSSR count). The number of hydrogen-bond acceptors (Lipinski definition) is 8. The van der Waals surface area contributed by atoms with Crippen LogP contribution in [-0.2, 0) is 10.0 Å². The van der Waals surface area contributed by atoms with Gasteiger partial charge in [0.25, 0.3) is 10.0 Å². The number of hydrogen-bond donors (Lipinski definition) is 5. The second-order valence-corrected chi connectivity index (χ2v) is 9.19. The van der Waals surface area contributed by atoms with Crippen molar-refractivity contribution in [3.63, 3.8) is 0 Å². The normalized spacial score (nSPS) is 12.7. The van der Waals surface area contributed by atoms with Gasteiger partial charge in [-0.3, -0.25) is 4.72 Å². The molecule has 1 atom stereocenters. The summed E-state index contributed by atoms with van der Waals surface area (Å²) in [5.41, 5.74) is 5.93. The zero-order valence-electron chi connectivity index (χ0n) is 15.7. The van der Waals surface area contributed by atoms with Crippen LogP contribution in [0.5, 0.6) is 0 Å². The largest absolute Gasteiger partial charge is 0.396 e. The highest BCUT2D eigenvalue weighted by Gasteiger charge is 2.22. The van der Waals surface area contributed by atoms with Crippen molar-refractivity contribution in [2.75, 3.05) is 36.3 Å². The van der Waals surface area contributed by atoms with E-state index < -0.39 is 20.7 Å². The molecule has 0 spiro atoms. The van der Waals surface area contributed by atoms with Crippen LogP contribution in [0.4, 0.5) is 15.2 Å². The Kier molecular flexibility index (Phi) is 9.53. The third-order valence-corrected chi connectivity index (χ3v) is 6.56. The molecule has 2 aromatic rings. The first-order valence-electron chi connectivity index (χ1n) is 9.07. The van der Waals surface area contributed by atoms with E-state index in [1.54, 1.807) is 5.38 Å². The molecule has 0 saturated heterocycles. The zero-order valence-corrected chi connectivity index (χ0v) is 18.1. The van der Waals surface area contributed by atoms with Gasteiger partial charge in [-0.25, -0.2) is 17.8 Å². The van der Waals surface area contributed by atoms with E-state index in [2.05, 4.69) is 20.3 Å². The molecule has 0 radical (unpaired) electrons. The quantitative estimate of drug-likeness (QED) is 0.287. The number of benzene rings is 1. The lowest BCUT2D eigenvalue weighted by Crippen LogP contribution is -2.37. The fraction of sp³-hybridized carbons (Fsp3) is 0.471. The average molecular weight is 466 g/mol. The number of nitrogens with one attached hydrogen (secondary N) is 3. The molecule has 162 valence electrons. The lowest BCUT2D eigenvalue weighted by molar-refractivity contribution is 0.265. The molecule has 0 amide bonds. The molecule has 0 saturated carbocycles. The maximum Gasteiger partial charge on any atom is 0.266 e. The number of aromatic nitrogens is 1. The maximum absolute atomic E-state index is 14.4. The van der Waals surface area contributed by atoms with Crippen molar-refractivity contribution in [3.8, 4) is 0 Å². The predicted molar refractivity (Wildman–Crippen MR) is 115 cm³/mol. The van der Waals surface area contributed by atoms with Crippen molar-refractivity contribution in [2.24, 2.45) is 5.73 Å². The van der Waals surface area contributed by atoms with E-state index in [9.17, 15) is 12.8 Å². The van der Waals surface area contributed by atoms with Crippen molar-refractivity contribution in [1.82, 2.24) is 10.3 Å². The van der Waals surface area contributed by atoms with Crippen LogP contribution in [-0.4, -0.2) is 50.8 Å². The number of sulfonamides is 1. The molecule has 6 N–H and O–H groups in total. The first kappa shape index (κ1) is 23.8. The summed E-state index contributed by atoms with van der Waals surface area (Å²) in [6, 6.07) is 2.24. The summed E-state index contributed by atoms with van der Waals surface area (Å²) in [6.45, 7) is 1.83. The van der Waals surface area contributed by atoms with Gasteiger partial charge in [0, 0.05) is 37.3 Å². The Balaban J connectivity index is 1.87. The minimum atomic E-state index is -4.13. The van der Waals surface area contributed by atoms with Crippen molar-refractivity contribution in [3.05, 3.63) is 34.5 Å². The van der Waals surface area contributed by atoms with Gasteiger partial charge in [-0.2, -0.15) is 0 Å². The van der Waals surface area contributed by atoms with E-state index in [1.165, 1.54) is 6.20 Å². The summed E-state index contributed by atoms with van der Waals surface area (Å²) in [5.74, 6) is -0.905. The van der Waals surface area contributed by atoms with Crippen molar-refractivity contribution >= 4 is 43.8 Å². The Morgan fingerprint density at radius 3 is 2.72 bits per heavy atom. The lowest BCUT2D eigenvalue weighted by atomic mass is 10.2. The van der Waals surface area contributed by atoms with Gasteiger partial charge in [0.2, 0.25) is 0 Å². The van der Waals surface area contributed by atoms with Gasteiger partial charge in [-0.05, 0) is 37.9 Å². The summed E-state index contributed by atoms with van der Waals surface area (Å²) in [5, 5.41) is 17.0. The van der Waals surface area contributed by atoms with E-state index >= 15 is 0 Å². The van der Waals surface area contributed by atoms with Crippen molar-refractivity contribution in [2.45, 2.75) is 30.2 Å². The summed E-state index contributed by atoms with van der Waals surface area (Å²) >= 11 is 7.23. The number of nitrogens with two attached hydrogens (primary N) is 1. The van der Waals surface area contributed by atoms with E-state index in [-0.39, 0.29) is 22.8 Å². The fourth-order valence-corrected chi connectivity index (χ4v) is 4.72. The zero-order chi connectivity index (χ0) is 21.3. The highest BCUT2D eigenvalue weighted by atomic mass is 35.5. The molecule has 0 fully saturated rings. The number of rotatable bonds is 13. The monoisotopic (exact) mass is 465 g/mol. The highest BCUT2D eigenvalue weighted by molar-refractivity contribution is 7.93. The third kappa shape index (κ3) is 7.36. The molecule has 0 bridgehead atoms. The molecule has 12 heteroatoms. The molecule has 0 aliphatic carbocycles. The van der Waals surface area contributed by atoms with Gasteiger partial charge >= 0.3 is 0 Å². The lowest BCUT2D eigenvalue weighted by Gasteiger charge is -2.15. The molecule has 1 heterocycles. The van der Waals surface area contributed by atoms with Crippen LogP contribution in [0.3, 0.4) is 0 Å². The summed E-state index contributed by atoms with van der Waals surface area (Å²) in [7, 11) is -4.13. The third-order valence-electron chi connectivity index (χ3n) is 4.08. The van der Waals surface area contributed by atoms with Gasteiger partial charge in [0.1, 0.15) is 10.7 Å². The van der Waals surface area contributed by atoms with Crippen LogP contribution in [0.15, 0.2) is 28.6 Å². The topological polar surface area (TPSA) is 129 Å². The number of unbranched alkanes of at least 4 members (excludes halogenated alkanes) is 1. The second kappa shape index (κ2) is 11.6. The summed E-state index contributed by atoms with van der Waals surface area (Å²) in [4.78, 5) is 3.29. The molecule has 1 aromatic carbocycles. The Morgan fingerprint density at radius 1 is 1.31 bits per heavy atom. The molecular weight excluding hydrogens is 441 g/mol. The van der Waals surface area contributed by atoms with Gasteiger partial charge in [0.15, 0.2) is 5.13 Å². The van der Waals surface area contributed by atoms with E-state index in [0.29, 0.717) is 25.2 Å². The minimum Gasteiger partial charge on any atom is -0.396 e. The smallest absolute Gasteiger partial charge is 0.266 e. The number of aliphatic hydroxyl groups is 1. The minimum absolute atomic E-state index is 0.0870. The average Bonchev–Trinajstić information content (AvgIpc) is 3.17. The van der Waals surface area contributed by atoms with Gasteiger partial charge in [-0.15, -0.1) is 11.3 Å². The Labute approximate surface area is 178 Å². The second-order valence-electron chi connectivity index (χ2n) is 6.24. The Morgan fingerprint density at radius 2 is 2.07 bits per heavy atom. The SMILES string of the molecule is NC[C@H](CCO)NCCCCNc1cc(F)c(S(=O)(=O)Nc2nccs2)cc1Cl. The van der Waals surface area contributed by atoms with Gasteiger partial charge in [0.05, 0.1) is 10.7 Å². The van der Waals surface area contributed by atoms with Gasteiger partial charge in [-0.1, -0.05) is 11.6 Å². The maximum atomic E-state index is 14.4. The Bertz CT molecular complexity index is 868. The fourth-order valence-electron chi connectivity index (χ4n) is 2.55. The molecule has 0 aliphatic heterocycles. The van der Waals surface area contributed by atoms with Crippen LogP contribution in [0.25, 0.3) is 0 Å². The Hall–Kier alpha value is -1.50. The molecule has 1 aromatic heterocycles. The van der Waals surface area contributed by atoms with Crippen molar-refractivity contribution in [1.29, 1.82) is 0 Å². The van der Waals surface area contributed by atoms with Crippen LogP contribution in [0.1, 0.15) is 19.3 Å². The molecule has 8 nitrogen and oxygen atoms in total. The predicted octanol–water partition coefficient (Wildman–Crippen LogP) is 2.23. The number of halogens is 2. The number of anilines is 2. The van der Waals surface area contributed by atoms with Crippen LogP contribution >= 0.6 is 22.9 Å². The van der Waals surface area contributed by atoms with E-state index in [0.717, 1.165) is 42.9 Å². The van der Waals surface area contributed by atoms with E-state index in [4.69, 9.17) is 22.4 Å². The van der Waals surface area contributed by atoms with Crippen LogP contribution in [0.2, 0.25) is 5.02 Å². The number of nitrogens with zero attached hydrogens (tertiary/aromatic N) is 1. The molecular formula is C17H25ClFN5O3S2. The van der Waals surface area contributed by atoms with Crippen LogP contribution in [0, 0.1) is 5.82 Å². The van der Waals surface area contributed by atoms with Crippen molar-refractivity contribution < 1.29 is 17.9 Å². The molecule has 29 heavy (non-hydrogen) atoms. The first-order chi connectivity index (χ1) is 13.9. The first-order valence-corrected chi connectivity index (χ1v) is 11.8. The van der Waals surface area contributed by atoms with E-state index in [1.807, 2.05) is 0 Å². The standard InChI is InChI=1S/C17H25ClFN5O3S2/c18-13-9-16(29(26,27)24-17-23-6-8-28-17)14(19)10-15(13)22-5-2-1-4-21-12(11-20)3-7-25/h6,8-10,12,21-22,25H,1-5,7,11,20H2,(H,23,24)/t12-/m0/s1. The summed E-state index contributed by atoms with van der Waals surface area (Å²) in [6.07, 6.45) is 3.68. The molecule has 0 aliphatic rings. The molecule has 0 unspecified atom stereocenters. The van der Waals surface area contributed by atoms with Gasteiger partial charge < -0.3 is 21.5 Å². The number of thiazole rings is 1. The van der Waals surface area contributed by atoms with Crippen LogP contribution < -0.4 is 21.1 Å². The highest BCUT2D eigenvalue weighted by Crippen LogP contribution is 2.29.